The van der Waals surface area contributed by atoms with Crippen molar-refractivity contribution in [2.24, 2.45) is 0 Å². The molecule has 1 aromatic heterocycles. The number of esters is 1. The van der Waals surface area contributed by atoms with Crippen LogP contribution < -0.4 is 10.9 Å². The Morgan fingerprint density at radius 2 is 1.95 bits per heavy atom. The van der Waals surface area contributed by atoms with Crippen molar-refractivity contribution in [2.75, 3.05) is 20.8 Å². The highest BCUT2D eigenvalue weighted by molar-refractivity contribution is 5.88. The van der Waals surface area contributed by atoms with Gasteiger partial charge in [0.2, 0.25) is 5.91 Å². The molecule has 0 saturated carbocycles. The standard InChI is InChI=1S/C11H17N5O5/c1-7(17)12-13-9(18)6-16-8(4-5-20-2)10(14-15-16)11(19)21-3/h4-6H2,1-3H3,(H,12,17)(H,13,18). The van der Waals surface area contributed by atoms with E-state index in [-0.39, 0.29) is 12.2 Å². The fourth-order valence-electron chi connectivity index (χ4n) is 1.49. The number of aromatic nitrogens is 3. The number of hydrazine groups is 1. The first-order chi connectivity index (χ1) is 9.99. The quantitative estimate of drug-likeness (QED) is 0.480. The summed E-state index contributed by atoms with van der Waals surface area (Å²) < 4.78 is 10.8. The van der Waals surface area contributed by atoms with Gasteiger partial charge in [-0.1, -0.05) is 5.21 Å². The average Bonchev–Trinajstić information content (AvgIpc) is 2.84. The fourth-order valence-corrected chi connectivity index (χ4v) is 1.49. The van der Waals surface area contributed by atoms with Gasteiger partial charge in [0.15, 0.2) is 5.69 Å². The Morgan fingerprint density at radius 1 is 1.24 bits per heavy atom. The minimum atomic E-state index is -0.644. The molecule has 1 aromatic rings. The zero-order valence-corrected chi connectivity index (χ0v) is 12.0. The molecule has 2 N–H and O–H groups in total. The molecule has 0 aliphatic heterocycles. The number of methoxy groups -OCH3 is 2. The summed E-state index contributed by atoms with van der Waals surface area (Å²) in [5, 5.41) is 7.45. The molecule has 0 aliphatic carbocycles. The molecule has 116 valence electrons. The Hall–Kier alpha value is -2.49. The van der Waals surface area contributed by atoms with Gasteiger partial charge in [-0.3, -0.25) is 20.4 Å². The van der Waals surface area contributed by atoms with E-state index >= 15 is 0 Å². The molecule has 10 heteroatoms. The predicted octanol–water partition coefficient (Wildman–Crippen LogP) is -1.58. The summed E-state index contributed by atoms with van der Waals surface area (Å²) in [6.07, 6.45) is 0.335. The predicted molar refractivity (Wildman–Crippen MR) is 68.9 cm³/mol. The molecule has 10 nitrogen and oxygen atoms in total. The van der Waals surface area contributed by atoms with E-state index in [4.69, 9.17) is 4.74 Å². The molecular weight excluding hydrogens is 282 g/mol. The Labute approximate surface area is 120 Å². The Balaban J connectivity index is 2.85. The second-order valence-corrected chi connectivity index (χ2v) is 4.01. The summed E-state index contributed by atoms with van der Waals surface area (Å²) in [5.74, 6) is -1.56. The highest BCUT2D eigenvalue weighted by Gasteiger charge is 2.21. The van der Waals surface area contributed by atoms with E-state index in [1.54, 1.807) is 0 Å². The van der Waals surface area contributed by atoms with Crippen molar-refractivity contribution in [3.05, 3.63) is 11.4 Å². The van der Waals surface area contributed by atoms with Crippen molar-refractivity contribution in [1.82, 2.24) is 25.8 Å². The summed E-state index contributed by atoms with van der Waals surface area (Å²) in [6.45, 7) is 1.38. The Bertz CT molecular complexity index is 527. The van der Waals surface area contributed by atoms with Crippen molar-refractivity contribution in [1.29, 1.82) is 0 Å². The van der Waals surface area contributed by atoms with Gasteiger partial charge in [0, 0.05) is 20.5 Å². The molecule has 2 amide bonds. The second kappa shape index (κ2) is 7.94. The summed E-state index contributed by atoms with van der Waals surface area (Å²) in [6, 6.07) is 0. The molecule has 1 heterocycles. The summed E-state index contributed by atoms with van der Waals surface area (Å²) in [4.78, 5) is 33.9. The normalized spacial score (nSPS) is 10.0. The number of hydrogen-bond donors (Lipinski definition) is 2. The molecule has 0 atom stereocenters. The first kappa shape index (κ1) is 16.6. The highest BCUT2D eigenvalue weighted by Crippen LogP contribution is 2.08. The number of carbonyl (C=O) groups is 3. The van der Waals surface area contributed by atoms with Crippen LogP contribution in [0.1, 0.15) is 23.1 Å². The molecule has 0 fully saturated rings. The van der Waals surface area contributed by atoms with Crippen LogP contribution in [-0.2, 0) is 32.0 Å². The Kier molecular flexibility index (Phi) is 6.27. The lowest BCUT2D eigenvalue weighted by Gasteiger charge is -2.08. The fraction of sp³-hybridized carbons (Fsp3) is 0.545. The highest BCUT2D eigenvalue weighted by atomic mass is 16.5. The van der Waals surface area contributed by atoms with Crippen LogP contribution in [0.3, 0.4) is 0 Å². The van der Waals surface area contributed by atoms with E-state index < -0.39 is 17.8 Å². The number of amides is 2. The molecular formula is C11H17N5O5. The maximum atomic E-state index is 11.6. The minimum Gasteiger partial charge on any atom is -0.464 e. The zero-order chi connectivity index (χ0) is 15.8. The molecule has 0 unspecified atom stereocenters. The molecule has 0 bridgehead atoms. The van der Waals surface area contributed by atoms with Crippen LogP contribution in [-0.4, -0.2) is 53.6 Å². The van der Waals surface area contributed by atoms with Gasteiger partial charge in [-0.05, 0) is 0 Å². The van der Waals surface area contributed by atoms with E-state index in [1.165, 1.54) is 25.8 Å². The van der Waals surface area contributed by atoms with Crippen molar-refractivity contribution in [3.63, 3.8) is 0 Å². The second-order valence-electron chi connectivity index (χ2n) is 4.01. The van der Waals surface area contributed by atoms with Gasteiger partial charge in [0.1, 0.15) is 6.54 Å². The van der Waals surface area contributed by atoms with E-state index in [1.807, 2.05) is 0 Å². The number of ether oxygens (including phenoxy) is 2. The summed E-state index contributed by atoms with van der Waals surface area (Å²) in [7, 11) is 2.74. The van der Waals surface area contributed by atoms with Crippen LogP contribution >= 0.6 is 0 Å². The molecule has 21 heavy (non-hydrogen) atoms. The van der Waals surface area contributed by atoms with Crippen LogP contribution in [0.25, 0.3) is 0 Å². The van der Waals surface area contributed by atoms with Gasteiger partial charge in [-0.15, -0.1) is 5.10 Å². The molecule has 0 spiro atoms. The van der Waals surface area contributed by atoms with E-state index in [9.17, 15) is 14.4 Å². The maximum Gasteiger partial charge on any atom is 0.360 e. The lowest BCUT2D eigenvalue weighted by atomic mass is 10.2. The van der Waals surface area contributed by atoms with E-state index in [2.05, 4.69) is 25.9 Å². The molecule has 0 radical (unpaired) electrons. The third kappa shape index (κ3) is 4.84. The van der Waals surface area contributed by atoms with Crippen molar-refractivity contribution >= 4 is 17.8 Å². The monoisotopic (exact) mass is 299 g/mol. The van der Waals surface area contributed by atoms with Gasteiger partial charge in [0.25, 0.3) is 5.91 Å². The molecule has 0 aliphatic rings. The molecule has 1 rings (SSSR count). The van der Waals surface area contributed by atoms with Crippen LogP contribution in [0.4, 0.5) is 0 Å². The first-order valence-corrected chi connectivity index (χ1v) is 6.04. The van der Waals surface area contributed by atoms with Crippen LogP contribution in [0.5, 0.6) is 0 Å². The summed E-state index contributed by atoms with van der Waals surface area (Å²) >= 11 is 0. The van der Waals surface area contributed by atoms with Crippen molar-refractivity contribution in [3.8, 4) is 0 Å². The maximum absolute atomic E-state index is 11.6. The van der Waals surface area contributed by atoms with Gasteiger partial charge >= 0.3 is 5.97 Å². The van der Waals surface area contributed by atoms with Crippen molar-refractivity contribution in [2.45, 2.75) is 19.9 Å². The van der Waals surface area contributed by atoms with Gasteiger partial charge < -0.3 is 9.47 Å². The van der Waals surface area contributed by atoms with Gasteiger partial charge in [0.05, 0.1) is 19.4 Å². The third-order valence-electron chi connectivity index (χ3n) is 2.43. The van der Waals surface area contributed by atoms with E-state index in [0.717, 1.165) is 0 Å². The smallest absolute Gasteiger partial charge is 0.360 e. The first-order valence-electron chi connectivity index (χ1n) is 6.04. The lowest BCUT2D eigenvalue weighted by molar-refractivity contribution is -0.128. The van der Waals surface area contributed by atoms with Gasteiger partial charge in [-0.2, -0.15) is 0 Å². The third-order valence-corrected chi connectivity index (χ3v) is 2.43. The SMILES string of the molecule is COCCc1c(C(=O)OC)nnn1CC(=O)NNC(C)=O. The molecule has 0 saturated heterocycles. The summed E-state index contributed by atoms with van der Waals surface area (Å²) in [5.41, 5.74) is 4.79. The van der Waals surface area contributed by atoms with Crippen LogP contribution in [0.2, 0.25) is 0 Å². The number of hydrogen-bond acceptors (Lipinski definition) is 7. The van der Waals surface area contributed by atoms with Crippen molar-refractivity contribution < 1.29 is 23.9 Å². The zero-order valence-electron chi connectivity index (χ0n) is 12.0. The number of nitrogens with zero attached hydrogens (tertiary/aromatic N) is 3. The largest absolute Gasteiger partial charge is 0.464 e. The number of carbonyl (C=O) groups excluding carboxylic acids is 3. The van der Waals surface area contributed by atoms with Crippen LogP contribution in [0, 0.1) is 0 Å². The number of rotatable bonds is 6. The average molecular weight is 299 g/mol. The van der Waals surface area contributed by atoms with E-state index in [0.29, 0.717) is 18.7 Å². The van der Waals surface area contributed by atoms with Gasteiger partial charge in [-0.25, -0.2) is 9.48 Å². The lowest BCUT2D eigenvalue weighted by Crippen LogP contribution is -2.42. The minimum absolute atomic E-state index is 0.0295. The Morgan fingerprint density at radius 3 is 2.52 bits per heavy atom. The molecule has 0 aromatic carbocycles. The topological polar surface area (TPSA) is 124 Å². The number of nitrogens with one attached hydrogen (secondary N) is 2. The van der Waals surface area contributed by atoms with Crippen LogP contribution in [0.15, 0.2) is 0 Å².